The fourth-order valence-electron chi connectivity index (χ4n) is 3.03. The number of nitrogens with one attached hydrogen (secondary N) is 1. The minimum absolute atomic E-state index is 0.185. The predicted molar refractivity (Wildman–Crippen MR) is 100 cm³/mol. The summed E-state index contributed by atoms with van der Waals surface area (Å²) in [6, 6.07) is 14.4. The fraction of sp³-hybridized carbons (Fsp3) is 0.286. The van der Waals surface area contributed by atoms with Crippen LogP contribution in [0.15, 0.2) is 53.6 Å². The molecule has 1 heterocycles. The summed E-state index contributed by atoms with van der Waals surface area (Å²) >= 11 is 0. The average molecular weight is 350 g/mol. The number of ketones is 1. The number of carbonyl (C=O) groups excluding carboxylic acids is 2. The number of carbonyl (C=O) groups is 2. The van der Waals surface area contributed by atoms with E-state index in [0.29, 0.717) is 11.3 Å². The summed E-state index contributed by atoms with van der Waals surface area (Å²) in [7, 11) is 0. The lowest BCUT2D eigenvalue weighted by atomic mass is 9.85. The lowest BCUT2D eigenvalue weighted by molar-refractivity contribution is -0.145. The summed E-state index contributed by atoms with van der Waals surface area (Å²) in [6.07, 6.45) is 0. The first-order valence-electron chi connectivity index (χ1n) is 8.69. The van der Waals surface area contributed by atoms with E-state index < -0.39 is 17.9 Å². The molecule has 1 aliphatic rings. The zero-order valence-corrected chi connectivity index (χ0v) is 15.2. The van der Waals surface area contributed by atoms with Crippen LogP contribution in [0.1, 0.15) is 39.9 Å². The maximum Gasteiger partial charge on any atom is 0.331 e. The Bertz CT molecular complexity index is 839. The number of benzene rings is 2. The molecule has 0 radical (unpaired) electrons. The molecule has 0 unspecified atom stereocenters. The summed E-state index contributed by atoms with van der Waals surface area (Å²) < 4.78 is 5.16. The van der Waals surface area contributed by atoms with Crippen LogP contribution in [0.2, 0.25) is 0 Å². The predicted octanol–water partition coefficient (Wildman–Crippen LogP) is 3.16. The molecule has 0 saturated heterocycles. The van der Waals surface area contributed by atoms with Crippen molar-refractivity contribution in [3.05, 3.63) is 70.8 Å². The van der Waals surface area contributed by atoms with Crippen LogP contribution in [0.4, 0.5) is 0 Å². The molecular weight excluding hydrogens is 328 g/mol. The second-order valence-corrected chi connectivity index (χ2v) is 6.44. The molecule has 5 nitrogen and oxygen atoms in total. The molecule has 134 valence electrons. The second kappa shape index (κ2) is 7.52. The van der Waals surface area contributed by atoms with Crippen LogP contribution in [0.3, 0.4) is 0 Å². The highest BCUT2D eigenvalue weighted by molar-refractivity contribution is 6.48. The van der Waals surface area contributed by atoms with Gasteiger partial charge in [-0.05, 0) is 26.3 Å². The van der Waals surface area contributed by atoms with E-state index in [1.54, 1.807) is 19.1 Å². The van der Waals surface area contributed by atoms with Gasteiger partial charge >= 0.3 is 5.97 Å². The summed E-state index contributed by atoms with van der Waals surface area (Å²) in [5, 5.41) is 4.22. The molecule has 1 aliphatic heterocycles. The van der Waals surface area contributed by atoms with Crippen molar-refractivity contribution in [1.82, 2.24) is 5.43 Å². The highest BCUT2D eigenvalue weighted by Crippen LogP contribution is 2.29. The maximum absolute atomic E-state index is 13.0. The molecule has 3 rings (SSSR count). The van der Waals surface area contributed by atoms with Crippen molar-refractivity contribution in [2.45, 2.75) is 32.7 Å². The number of aryl methyl sites for hydroxylation is 2. The summed E-state index contributed by atoms with van der Waals surface area (Å²) in [4.78, 5) is 25.4. The number of Topliss-reactive ketones (excluding diaryl/α,β-unsaturated/α-hetero) is 1. The maximum atomic E-state index is 13.0. The normalized spacial score (nSPS) is 18.8. The second-order valence-electron chi connectivity index (χ2n) is 6.44. The van der Waals surface area contributed by atoms with Gasteiger partial charge < -0.3 is 4.74 Å². The van der Waals surface area contributed by atoms with Crippen LogP contribution in [-0.2, 0) is 9.53 Å². The molecule has 26 heavy (non-hydrogen) atoms. The molecule has 0 bridgehead atoms. The first-order valence-corrected chi connectivity index (χ1v) is 8.69. The molecule has 0 aromatic heterocycles. The van der Waals surface area contributed by atoms with E-state index in [1.807, 2.05) is 50.2 Å². The van der Waals surface area contributed by atoms with Gasteiger partial charge in [-0.15, -0.1) is 0 Å². The average Bonchev–Trinajstić information content (AvgIpc) is 3.08. The molecule has 0 aliphatic carbocycles. The summed E-state index contributed by atoms with van der Waals surface area (Å²) in [5.41, 5.74) is 6.73. The Labute approximate surface area is 153 Å². The lowest BCUT2D eigenvalue weighted by Crippen LogP contribution is -2.38. The third-order valence-electron chi connectivity index (χ3n) is 4.48. The number of rotatable bonds is 5. The van der Waals surface area contributed by atoms with Crippen molar-refractivity contribution in [1.29, 1.82) is 0 Å². The Kier molecular flexibility index (Phi) is 5.16. The van der Waals surface area contributed by atoms with Crippen LogP contribution < -0.4 is 5.43 Å². The van der Waals surface area contributed by atoms with Crippen molar-refractivity contribution in [2.24, 2.45) is 5.10 Å². The standard InChI is InChI=1S/C21H22N2O3/c1-4-26-21(25)19-17(15-9-5-13(2)6-10-15)18(22-23-19)20(24)16-11-7-14(3)8-12-16/h5-12,17,19,23H,4H2,1-3H3/t17-,19-/m1/s1. The van der Waals surface area contributed by atoms with Gasteiger partial charge in [0.05, 0.1) is 12.5 Å². The molecule has 0 amide bonds. The lowest BCUT2D eigenvalue weighted by Gasteiger charge is -2.19. The Morgan fingerprint density at radius 3 is 2.15 bits per heavy atom. The highest BCUT2D eigenvalue weighted by Gasteiger charge is 2.41. The monoisotopic (exact) mass is 350 g/mol. The molecule has 5 heteroatoms. The van der Waals surface area contributed by atoms with Gasteiger partial charge in [0, 0.05) is 5.56 Å². The van der Waals surface area contributed by atoms with Crippen molar-refractivity contribution in [2.75, 3.05) is 6.61 Å². The smallest absolute Gasteiger partial charge is 0.331 e. The van der Waals surface area contributed by atoms with Crippen molar-refractivity contribution in [3.63, 3.8) is 0 Å². The Morgan fingerprint density at radius 1 is 1.00 bits per heavy atom. The fourth-order valence-corrected chi connectivity index (χ4v) is 3.03. The number of esters is 1. The third kappa shape index (κ3) is 3.52. The van der Waals surface area contributed by atoms with Gasteiger partial charge in [-0.1, -0.05) is 59.7 Å². The number of hydrogen-bond donors (Lipinski definition) is 1. The van der Waals surface area contributed by atoms with E-state index in [4.69, 9.17) is 4.74 Å². The minimum Gasteiger partial charge on any atom is -0.464 e. The molecule has 2 atom stereocenters. The van der Waals surface area contributed by atoms with E-state index in [1.165, 1.54) is 0 Å². The zero-order valence-electron chi connectivity index (χ0n) is 15.2. The Morgan fingerprint density at radius 2 is 1.58 bits per heavy atom. The van der Waals surface area contributed by atoms with Crippen LogP contribution in [0.25, 0.3) is 0 Å². The van der Waals surface area contributed by atoms with Gasteiger partial charge in [0.25, 0.3) is 0 Å². The van der Waals surface area contributed by atoms with Gasteiger partial charge in [-0.2, -0.15) is 5.10 Å². The van der Waals surface area contributed by atoms with E-state index >= 15 is 0 Å². The summed E-state index contributed by atoms with van der Waals surface area (Å²) in [6.45, 7) is 5.99. The molecule has 2 aromatic rings. The minimum atomic E-state index is -0.706. The largest absolute Gasteiger partial charge is 0.464 e. The van der Waals surface area contributed by atoms with Crippen molar-refractivity contribution < 1.29 is 14.3 Å². The van der Waals surface area contributed by atoms with Crippen LogP contribution >= 0.6 is 0 Å². The molecule has 0 saturated carbocycles. The first kappa shape index (κ1) is 17.9. The molecule has 0 spiro atoms. The van der Waals surface area contributed by atoms with Crippen LogP contribution in [0, 0.1) is 13.8 Å². The Balaban J connectivity index is 1.97. The van der Waals surface area contributed by atoms with Gasteiger partial charge in [0.15, 0.2) is 6.04 Å². The topological polar surface area (TPSA) is 67.8 Å². The van der Waals surface area contributed by atoms with Crippen molar-refractivity contribution in [3.8, 4) is 0 Å². The van der Waals surface area contributed by atoms with E-state index in [9.17, 15) is 9.59 Å². The van der Waals surface area contributed by atoms with E-state index in [0.717, 1.165) is 16.7 Å². The van der Waals surface area contributed by atoms with Gasteiger partial charge in [-0.25, -0.2) is 4.79 Å². The number of nitrogens with zero attached hydrogens (tertiary/aromatic N) is 1. The number of hydrogen-bond acceptors (Lipinski definition) is 5. The highest BCUT2D eigenvalue weighted by atomic mass is 16.5. The zero-order chi connectivity index (χ0) is 18.7. The van der Waals surface area contributed by atoms with Crippen LogP contribution in [0.5, 0.6) is 0 Å². The SMILES string of the molecule is CCOC(=O)[C@@H]1NN=C(C(=O)c2ccc(C)cc2)[C@H]1c1ccc(C)cc1. The third-order valence-corrected chi connectivity index (χ3v) is 4.48. The molecular formula is C21H22N2O3. The van der Waals surface area contributed by atoms with Gasteiger partial charge in [0.2, 0.25) is 5.78 Å². The number of hydrazone groups is 1. The molecule has 0 fully saturated rings. The van der Waals surface area contributed by atoms with E-state index in [2.05, 4.69) is 10.5 Å². The summed E-state index contributed by atoms with van der Waals surface area (Å²) in [5.74, 6) is -1.08. The van der Waals surface area contributed by atoms with E-state index in [-0.39, 0.29) is 12.4 Å². The Hall–Kier alpha value is -2.95. The van der Waals surface area contributed by atoms with Crippen molar-refractivity contribution >= 4 is 17.5 Å². The van der Waals surface area contributed by atoms with Gasteiger partial charge in [-0.3, -0.25) is 10.2 Å². The number of ether oxygens (including phenoxy) is 1. The molecule has 2 aromatic carbocycles. The van der Waals surface area contributed by atoms with Gasteiger partial charge in [0.1, 0.15) is 5.71 Å². The first-order chi connectivity index (χ1) is 12.5. The molecule has 1 N–H and O–H groups in total. The van der Waals surface area contributed by atoms with Crippen LogP contribution in [-0.4, -0.2) is 30.1 Å². The quantitative estimate of drug-likeness (QED) is 0.664.